The van der Waals surface area contributed by atoms with Crippen LogP contribution in [0.15, 0.2) is 77.7 Å². The Kier molecular flexibility index (Phi) is 9.88. The summed E-state index contributed by atoms with van der Waals surface area (Å²) in [7, 11) is -4.16. The third kappa shape index (κ3) is 7.38. The van der Waals surface area contributed by atoms with Crippen molar-refractivity contribution in [2.24, 2.45) is 0 Å². The molecule has 0 radical (unpaired) electrons. The highest BCUT2D eigenvalue weighted by atomic mass is 32.2. The number of anilines is 1. The normalized spacial score (nSPS) is 13.2. The van der Waals surface area contributed by atoms with Crippen LogP contribution in [0.25, 0.3) is 0 Å². The van der Waals surface area contributed by atoms with E-state index in [9.17, 15) is 18.0 Å². The first-order chi connectivity index (χ1) is 19.7. The zero-order valence-electron chi connectivity index (χ0n) is 23.7. The minimum Gasteiger partial charge on any atom is -0.486 e. The number of benzene rings is 3. The van der Waals surface area contributed by atoms with Crippen molar-refractivity contribution in [3.63, 3.8) is 0 Å². The Morgan fingerprint density at radius 1 is 0.951 bits per heavy atom. The van der Waals surface area contributed by atoms with Crippen LogP contribution in [0.2, 0.25) is 0 Å². The fraction of sp³-hybridized carbons (Fsp3) is 0.355. The minimum absolute atomic E-state index is 0.0401. The highest BCUT2D eigenvalue weighted by Crippen LogP contribution is 2.36. The van der Waals surface area contributed by atoms with Crippen molar-refractivity contribution in [1.82, 2.24) is 10.2 Å². The van der Waals surface area contributed by atoms with E-state index in [1.54, 1.807) is 43.3 Å². The number of carbonyl (C=O) groups excluding carboxylic acids is 2. The van der Waals surface area contributed by atoms with Crippen LogP contribution in [0.3, 0.4) is 0 Å². The second kappa shape index (κ2) is 13.5. The molecule has 41 heavy (non-hydrogen) atoms. The molecule has 3 aromatic carbocycles. The first-order valence-electron chi connectivity index (χ1n) is 13.8. The number of sulfonamides is 1. The van der Waals surface area contributed by atoms with Crippen LogP contribution in [-0.2, 0) is 26.2 Å². The smallest absolute Gasteiger partial charge is 0.264 e. The van der Waals surface area contributed by atoms with Crippen LogP contribution in [0.1, 0.15) is 37.8 Å². The zero-order chi connectivity index (χ0) is 29.4. The molecule has 0 spiro atoms. The van der Waals surface area contributed by atoms with Gasteiger partial charge in [-0.25, -0.2) is 8.42 Å². The summed E-state index contributed by atoms with van der Waals surface area (Å²) in [5.74, 6) is 0.0897. The third-order valence-electron chi connectivity index (χ3n) is 6.86. The molecule has 1 N–H and O–H groups in total. The van der Waals surface area contributed by atoms with Gasteiger partial charge in [0, 0.05) is 19.2 Å². The maximum Gasteiger partial charge on any atom is 0.264 e. The second-order valence-corrected chi connectivity index (χ2v) is 11.8. The van der Waals surface area contributed by atoms with E-state index in [-0.39, 0.29) is 23.0 Å². The lowest BCUT2D eigenvalue weighted by Crippen LogP contribution is -2.51. The summed E-state index contributed by atoms with van der Waals surface area (Å²) in [6, 6.07) is 19.6. The number of hydrogen-bond acceptors (Lipinski definition) is 6. The summed E-state index contributed by atoms with van der Waals surface area (Å²) < 4.78 is 40.3. The van der Waals surface area contributed by atoms with E-state index >= 15 is 0 Å². The van der Waals surface area contributed by atoms with Gasteiger partial charge in [-0.05, 0) is 50.1 Å². The Labute approximate surface area is 242 Å². The fourth-order valence-electron chi connectivity index (χ4n) is 4.56. The van der Waals surface area contributed by atoms with Crippen molar-refractivity contribution in [2.45, 2.75) is 51.1 Å². The van der Waals surface area contributed by atoms with Gasteiger partial charge in [0.05, 0.1) is 10.6 Å². The van der Waals surface area contributed by atoms with Crippen molar-refractivity contribution in [3.05, 3.63) is 83.9 Å². The van der Waals surface area contributed by atoms with Gasteiger partial charge < -0.3 is 19.7 Å². The number of ether oxygens (including phenoxy) is 2. The number of hydrogen-bond donors (Lipinski definition) is 1. The molecule has 0 fully saturated rings. The van der Waals surface area contributed by atoms with Gasteiger partial charge in [0.1, 0.15) is 25.8 Å². The molecule has 1 aliphatic rings. The van der Waals surface area contributed by atoms with Gasteiger partial charge in [0.15, 0.2) is 11.5 Å². The second-order valence-electron chi connectivity index (χ2n) is 9.98. The van der Waals surface area contributed by atoms with Crippen LogP contribution in [0.4, 0.5) is 5.69 Å². The fourth-order valence-corrected chi connectivity index (χ4v) is 5.99. The van der Waals surface area contributed by atoms with Crippen LogP contribution < -0.4 is 19.1 Å². The molecule has 0 saturated carbocycles. The summed E-state index contributed by atoms with van der Waals surface area (Å²) in [5.41, 5.74) is 2.10. The molecule has 1 aliphatic heterocycles. The molecule has 10 heteroatoms. The van der Waals surface area contributed by atoms with Crippen LogP contribution >= 0.6 is 0 Å². The third-order valence-corrected chi connectivity index (χ3v) is 8.64. The molecule has 4 rings (SSSR count). The Morgan fingerprint density at radius 3 is 2.39 bits per heavy atom. The lowest BCUT2D eigenvalue weighted by Gasteiger charge is -2.32. The number of aryl methyl sites for hydroxylation is 1. The van der Waals surface area contributed by atoms with Gasteiger partial charge in [-0.2, -0.15) is 0 Å². The van der Waals surface area contributed by atoms with E-state index in [0.717, 1.165) is 28.3 Å². The van der Waals surface area contributed by atoms with Crippen molar-refractivity contribution in [3.8, 4) is 11.5 Å². The highest BCUT2D eigenvalue weighted by Gasteiger charge is 2.33. The van der Waals surface area contributed by atoms with Gasteiger partial charge in [0.2, 0.25) is 11.8 Å². The van der Waals surface area contributed by atoms with Crippen LogP contribution in [-0.4, -0.2) is 57.5 Å². The monoisotopic (exact) mass is 579 g/mol. The molecule has 1 heterocycles. The molecule has 1 atom stereocenters. The number of carbonyl (C=O) groups is 2. The Hall–Kier alpha value is -4.05. The maximum atomic E-state index is 14.0. The Bertz CT molecular complexity index is 1460. The summed E-state index contributed by atoms with van der Waals surface area (Å²) in [6.45, 7) is 6.49. The molecule has 0 bridgehead atoms. The van der Waals surface area contributed by atoms with Gasteiger partial charge in [-0.3, -0.25) is 13.9 Å². The molecule has 0 unspecified atom stereocenters. The number of rotatable bonds is 12. The van der Waals surface area contributed by atoms with Gasteiger partial charge in [-0.1, -0.05) is 61.4 Å². The molecule has 218 valence electrons. The molecule has 0 aliphatic carbocycles. The minimum atomic E-state index is -4.16. The van der Waals surface area contributed by atoms with Crippen molar-refractivity contribution in [2.75, 3.05) is 30.6 Å². The Balaban J connectivity index is 1.71. The van der Waals surface area contributed by atoms with Crippen LogP contribution in [0, 0.1) is 6.92 Å². The lowest BCUT2D eigenvalue weighted by atomic mass is 10.1. The number of nitrogens with zero attached hydrogens (tertiary/aromatic N) is 2. The van der Waals surface area contributed by atoms with E-state index in [1.807, 2.05) is 38.1 Å². The zero-order valence-corrected chi connectivity index (χ0v) is 24.5. The average molecular weight is 580 g/mol. The molecule has 0 saturated heterocycles. The van der Waals surface area contributed by atoms with E-state index < -0.39 is 28.5 Å². The molecule has 0 aromatic heterocycles. The van der Waals surface area contributed by atoms with Crippen molar-refractivity contribution in [1.29, 1.82) is 0 Å². The Morgan fingerprint density at radius 2 is 1.68 bits per heavy atom. The van der Waals surface area contributed by atoms with Gasteiger partial charge in [0.25, 0.3) is 10.0 Å². The van der Waals surface area contributed by atoms with E-state index in [0.29, 0.717) is 31.3 Å². The largest absolute Gasteiger partial charge is 0.486 e. The molecule has 3 aromatic rings. The quantitative estimate of drug-likeness (QED) is 0.321. The number of amides is 2. The number of nitrogens with one attached hydrogen (secondary N) is 1. The summed E-state index contributed by atoms with van der Waals surface area (Å²) in [4.78, 5) is 28.6. The van der Waals surface area contributed by atoms with Crippen molar-refractivity contribution >= 4 is 27.5 Å². The van der Waals surface area contributed by atoms with Gasteiger partial charge >= 0.3 is 0 Å². The summed E-state index contributed by atoms with van der Waals surface area (Å²) in [6.07, 6.45) is 1.74. The van der Waals surface area contributed by atoms with Gasteiger partial charge in [-0.15, -0.1) is 0 Å². The first-order valence-corrected chi connectivity index (χ1v) is 15.2. The number of unbranched alkanes of at least 4 members (excludes halogenated alkanes) is 1. The standard InChI is InChI=1S/C31H37N3O6S/c1-4-5-16-32-31(36)24(3)33(21-25-11-9-10-23(2)19-25)30(35)22-34(41(37,38)27-12-7-6-8-13-27)26-14-15-28-29(20-26)40-18-17-39-28/h6-15,19-20,24H,4-5,16-18,21-22H2,1-3H3,(H,32,36)/t24-/m1/s1. The highest BCUT2D eigenvalue weighted by molar-refractivity contribution is 7.92. The predicted molar refractivity (Wildman–Crippen MR) is 158 cm³/mol. The first kappa shape index (κ1) is 29.9. The van der Waals surface area contributed by atoms with Crippen LogP contribution in [0.5, 0.6) is 11.5 Å². The molecular formula is C31H37N3O6S. The molecule has 2 amide bonds. The van der Waals surface area contributed by atoms with E-state index in [4.69, 9.17) is 9.47 Å². The maximum absolute atomic E-state index is 14.0. The van der Waals surface area contributed by atoms with Crippen molar-refractivity contribution < 1.29 is 27.5 Å². The predicted octanol–water partition coefficient (Wildman–Crippen LogP) is 4.30. The topological polar surface area (TPSA) is 105 Å². The summed E-state index contributed by atoms with van der Waals surface area (Å²) in [5, 5.41) is 2.90. The molecule has 9 nitrogen and oxygen atoms in total. The number of fused-ring (bicyclic) bond motifs is 1. The molecular weight excluding hydrogens is 542 g/mol. The summed E-state index contributed by atoms with van der Waals surface area (Å²) >= 11 is 0. The lowest BCUT2D eigenvalue weighted by molar-refractivity contribution is -0.139. The SMILES string of the molecule is CCCCNC(=O)[C@@H](C)N(Cc1cccc(C)c1)C(=O)CN(c1ccc2c(c1)OCCO2)S(=O)(=O)c1ccccc1. The van der Waals surface area contributed by atoms with E-state index in [1.165, 1.54) is 17.0 Å². The van der Waals surface area contributed by atoms with E-state index in [2.05, 4.69) is 5.32 Å². The average Bonchev–Trinajstić information content (AvgIpc) is 2.98.